The fraction of sp³-hybridized carbons (Fsp3) is 0.286. The van der Waals surface area contributed by atoms with Crippen LogP contribution in [-0.2, 0) is 9.47 Å². The van der Waals surface area contributed by atoms with Gasteiger partial charge in [-0.15, -0.1) is 0 Å². The van der Waals surface area contributed by atoms with Gasteiger partial charge in [-0.2, -0.15) is 0 Å². The quantitative estimate of drug-likeness (QED) is 0.274. The molecular weight excluding hydrogens is 400 g/mol. The minimum Gasteiger partial charge on any atom is -0.431 e. The van der Waals surface area contributed by atoms with E-state index >= 15 is 0 Å². The second kappa shape index (κ2) is 11.3. The van der Waals surface area contributed by atoms with Gasteiger partial charge in [0.15, 0.2) is 0 Å². The number of benzene rings is 3. The molecule has 0 heterocycles. The molecule has 0 saturated carbocycles. The molecule has 0 aromatic heterocycles. The molecule has 0 aliphatic rings. The van der Waals surface area contributed by atoms with Gasteiger partial charge in [0.2, 0.25) is 0 Å². The van der Waals surface area contributed by atoms with Gasteiger partial charge in [-0.25, -0.2) is 9.59 Å². The van der Waals surface area contributed by atoms with Gasteiger partial charge in [0.25, 0.3) is 0 Å². The zero-order valence-electron chi connectivity index (χ0n) is 18.9. The number of ether oxygens (including phenoxy) is 2. The first kappa shape index (κ1) is 23.3. The van der Waals surface area contributed by atoms with E-state index in [0.717, 1.165) is 41.5 Å². The van der Waals surface area contributed by atoms with E-state index < -0.39 is 12.1 Å². The van der Waals surface area contributed by atoms with Crippen molar-refractivity contribution in [3.63, 3.8) is 0 Å². The molecule has 4 nitrogen and oxygen atoms in total. The molecule has 0 radical (unpaired) electrons. The van der Waals surface area contributed by atoms with E-state index in [4.69, 9.17) is 9.47 Å². The van der Waals surface area contributed by atoms with Crippen LogP contribution in [0.1, 0.15) is 50.4 Å². The lowest BCUT2D eigenvalue weighted by molar-refractivity contribution is 0.0201. The minimum atomic E-state index is -0.952. The standard InChI is InChI=1S/C28H30O4/c1-4-21(5-2)19-20(3)31-28(30)32-27(29)24-17-15-23(16-18-24)26-14-10-9-13-25(26)22-11-7-6-8-12-22/h6-18,20-21H,4-5,19H2,1-3H3/t20-/m1/s1. The van der Waals surface area contributed by atoms with Crippen molar-refractivity contribution in [2.45, 2.75) is 46.1 Å². The Bertz CT molecular complexity index is 1020. The Morgan fingerprint density at radius 2 is 1.28 bits per heavy atom. The summed E-state index contributed by atoms with van der Waals surface area (Å²) in [7, 11) is 0. The maximum atomic E-state index is 12.4. The van der Waals surface area contributed by atoms with Crippen molar-refractivity contribution in [2.24, 2.45) is 5.92 Å². The summed E-state index contributed by atoms with van der Waals surface area (Å²) in [6.07, 6.45) is 1.56. The SMILES string of the molecule is CCC(CC)C[C@@H](C)OC(=O)OC(=O)c1ccc(-c2ccccc2-c2ccccc2)cc1. The molecule has 1 atom stereocenters. The van der Waals surface area contributed by atoms with Gasteiger partial charge < -0.3 is 9.47 Å². The lowest BCUT2D eigenvalue weighted by Crippen LogP contribution is -2.21. The van der Waals surface area contributed by atoms with Gasteiger partial charge in [-0.3, -0.25) is 0 Å². The molecule has 0 fully saturated rings. The lowest BCUT2D eigenvalue weighted by Gasteiger charge is -2.18. The van der Waals surface area contributed by atoms with Crippen LogP contribution in [0, 0.1) is 5.92 Å². The van der Waals surface area contributed by atoms with E-state index in [1.54, 1.807) is 12.1 Å². The Morgan fingerprint density at radius 3 is 1.84 bits per heavy atom. The van der Waals surface area contributed by atoms with Crippen LogP contribution in [0.2, 0.25) is 0 Å². The highest BCUT2D eigenvalue weighted by molar-refractivity contribution is 5.96. The molecule has 0 amide bonds. The van der Waals surface area contributed by atoms with Crippen molar-refractivity contribution in [1.82, 2.24) is 0 Å². The molecule has 0 aliphatic heterocycles. The van der Waals surface area contributed by atoms with Gasteiger partial charge in [-0.05, 0) is 53.6 Å². The minimum absolute atomic E-state index is 0.294. The third kappa shape index (κ3) is 6.07. The summed E-state index contributed by atoms with van der Waals surface area (Å²) in [6, 6.07) is 25.3. The monoisotopic (exact) mass is 430 g/mol. The van der Waals surface area contributed by atoms with Gasteiger partial charge in [-0.1, -0.05) is 93.4 Å². The highest BCUT2D eigenvalue weighted by Crippen LogP contribution is 2.32. The Morgan fingerprint density at radius 1 is 0.750 bits per heavy atom. The van der Waals surface area contributed by atoms with Crippen LogP contribution in [-0.4, -0.2) is 18.2 Å². The summed E-state index contributed by atoms with van der Waals surface area (Å²) >= 11 is 0. The molecule has 3 aromatic carbocycles. The zero-order chi connectivity index (χ0) is 22.9. The van der Waals surface area contributed by atoms with Gasteiger partial charge in [0.05, 0.1) is 5.56 Å². The summed E-state index contributed by atoms with van der Waals surface area (Å²) in [4.78, 5) is 24.4. The Hall–Kier alpha value is -3.40. The number of esters is 1. The average molecular weight is 431 g/mol. The van der Waals surface area contributed by atoms with E-state index in [-0.39, 0.29) is 6.10 Å². The van der Waals surface area contributed by atoms with Crippen LogP contribution < -0.4 is 0 Å². The fourth-order valence-electron chi connectivity index (χ4n) is 3.85. The largest absolute Gasteiger partial charge is 0.516 e. The van der Waals surface area contributed by atoms with Crippen molar-refractivity contribution in [3.05, 3.63) is 84.4 Å². The van der Waals surface area contributed by atoms with Crippen molar-refractivity contribution >= 4 is 12.1 Å². The molecule has 0 aliphatic carbocycles. The van der Waals surface area contributed by atoms with Gasteiger partial charge in [0, 0.05) is 0 Å². The first-order valence-corrected chi connectivity index (χ1v) is 11.2. The highest BCUT2D eigenvalue weighted by Gasteiger charge is 2.19. The number of carbonyl (C=O) groups excluding carboxylic acids is 2. The van der Waals surface area contributed by atoms with Crippen LogP contribution in [0.5, 0.6) is 0 Å². The molecule has 3 rings (SSSR count). The molecule has 0 saturated heterocycles. The van der Waals surface area contributed by atoms with Crippen molar-refractivity contribution < 1.29 is 19.1 Å². The second-order valence-corrected chi connectivity index (χ2v) is 7.98. The number of rotatable bonds is 8. The van der Waals surface area contributed by atoms with Crippen LogP contribution in [0.15, 0.2) is 78.9 Å². The Labute approximate surface area is 190 Å². The van der Waals surface area contributed by atoms with E-state index in [9.17, 15) is 9.59 Å². The Balaban J connectivity index is 1.66. The summed E-state index contributed by atoms with van der Waals surface area (Å²) < 4.78 is 10.1. The topological polar surface area (TPSA) is 52.6 Å². The zero-order valence-corrected chi connectivity index (χ0v) is 18.9. The number of hydrogen-bond acceptors (Lipinski definition) is 4. The van der Waals surface area contributed by atoms with Crippen molar-refractivity contribution in [3.8, 4) is 22.3 Å². The van der Waals surface area contributed by atoms with E-state index in [1.165, 1.54) is 0 Å². The molecule has 0 spiro atoms. The highest BCUT2D eigenvalue weighted by atomic mass is 16.7. The molecule has 166 valence electrons. The van der Waals surface area contributed by atoms with Crippen LogP contribution >= 0.6 is 0 Å². The predicted octanol–water partition coefficient (Wildman–Crippen LogP) is 7.53. The lowest BCUT2D eigenvalue weighted by atomic mass is 9.94. The predicted molar refractivity (Wildman–Crippen MR) is 127 cm³/mol. The van der Waals surface area contributed by atoms with Crippen molar-refractivity contribution in [2.75, 3.05) is 0 Å². The third-order valence-electron chi connectivity index (χ3n) is 5.74. The normalized spacial score (nSPS) is 11.8. The van der Waals surface area contributed by atoms with Gasteiger partial charge in [0.1, 0.15) is 6.10 Å². The molecule has 0 N–H and O–H groups in total. The van der Waals surface area contributed by atoms with Crippen LogP contribution in [0.25, 0.3) is 22.3 Å². The molecule has 0 unspecified atom stereocenters. The summed E-state index contributed by atoms with van der Waals surface area (Å²) in [5.41, 5.74) is 4.57. The Kier molecular flexibility index (Phi) is 8.20. The molecular formula is C28H30O4. The first-order valence-electron chi connectivity index (χ1n) is 11.2. The molecule has 0 bridgehead atoms. The first-order chi connectivity index (χ1) is 15.5. The molecule has 32 heavy (non-hydrogen) atoms. The van der Waals surface area contributed by atoms with Gasteiger partial charge >= 0.3 is 12.1 Å². The van der Waals surface area contributed by atoms with Crippen LogP contribution in [0.3, 0.4) is 0 Å². The summed E-state index contributed by atoms with van der Waals surface area (Å²) in [6.45, 7) is 6.05. The third-order valence-corrected chi connectivity index (χ3v) is 5.74. The maximum Gasteiger partial charge on any atom is 0.516 e. The smallest absolute Gasteiger partial charge is 0.431 e. The van der Waals surface area contributed by atoms with E-state index in [1.807, 2.05) is 55.5 Å². The summed E-state index contributed by atoms with van der Waals surface area (Å²) in [5.74, 6) is -0.229. The average Bonchev–Trinajstić information content (AvgIpc) is 2.83. The van der Waals surface area contributed by atoms with E-state index in [0.29, 0.717) is 11.5 Å². The maximum absolute atomic E-state index is 12.4. The van der Waals surface area contributed by atoms with E-state index in [2.05, 4.69) is 32.0 Å². The van der Waals surface area contributed by atoms with Crippen LogP contribution in [0.4, 0.5) is 4.79 Å². The second-order valence-electron chi connectivity index (χ2n) is 7.98. The molecule has 4 heteroatoms. The summed E-state index contributed by atoms with van der Waals surface area (Å²) in [5, 5.41) is 0. The number of hydrogen-bond donors (Lipinski definition) is 0. The molecule has 3 aromatic rings. The van der Waals surface area contributed by atoms with Crippen molar-refractivity contribution in [1.29, 1.82) is 0 Å². The number of carbonyl (C=O) groups is 2. The fourth-order valence-corrected chi connectivity index (χ4v) is 3.85.